The average Bonchev–Trinajstić information content (AvgIpc) is 2.44. The first-order chi connectivity index (χ1) is 3.34. The molecule has 1 aliphatic carbocycles. The van der Waals surface area contributed by atoms with E-state index in [1.54, 1.807) is 7.11 Å². The van der Waals surface area contributed by atoms with Crippen molar-refractivity contribution >= 4 is 0 Å². The number of hydrogen-bond donors (Lipinski definition) is 0. The molecule has 0 radical (unpaired) electrons. The van der Waals surface area contributed by atoms with Gasteiger partial charge in [-0.2, -0.15) is 0 Å². The van der Waals surface area contributed by atoms with Crippen molar-refractivity contribution in [3.05, 3.63) is 12.3 Å². The SMILES string of the molecule is C=C(OC)C1CC1. The molecule has 0 heterocycles. The third-order valence-electron chi connectivity index (χ3n) is 1.29. The van der Waals surface area contributed by atoms with Crippen molar-refractivity contribution in [3.8, 4) is 0 Å². The molecule has 0 aromatic heterocycles. The van der Waals surface area contributed by atoms with Crippen molar-refractivity contribution in [2.45, 2.75) is 12.8 Å². The van der Waals surface area contributed by atoms with Crippen LogP contribution in [0.1, 0.15) is 12.8 Å². The van der Waals surface area contributed by atoms with Gasteiger partial charge in [-0.3, -0.25) is 0 Å². The van der Waals surface area contributed by atoms with Crippen molar-refractivity contribution in [2.75, 3.05) is 7.11 Å². The molecule has 0 saturated heterocycles. The van der Waals surface area contributed by atoms with Gasteiger partial charge < -0.3 is 4.74 Å². The van der Waals surface area contributed by atoms with Gasteiger partial charge in [-0.1, -0.05) is 6.58 Å². The van der Waals surface area contributed by atoms with Crippen LogP contribution in [0.4, 0.5) is 0 Å². The number of rotatable bonds is 2. The van der Waals surface area contributed by atoms with Crippen molar-refractivity contribution in [1.29, 1.82) is 0 Å². The Morgan fingerprint density at radius 2 is 2.29 bits per heavy atom. The third kappa shape index (κ3) is 0.952. The molecule has 0 bridgehead atoms. The molecule has 40 valence electrons. The van der Waals surface area contributed by atoms with Crippen molar-refractivity contribution in [1.82, 2.24) is 0 Å². The van der Waals surface area contributed by atoms with Gasteiger partial charge >= 0.3 is 0 Å². The van der Waals surface area contributed by atoms with Crippen LogP contribution in [0.2, 0.25) is 0 Å². The summed E-state index contributed by atoms with van der Waals surface area (Å²) in [5.41, 5.74) is 0. The van der Waals surface area contributed by atoms with E-state index in [4.69, 9.17) is 4.74 Å². The van der Waals surface area contributed by atoms with Crippen LogP contribution < -0.4 is 0 Å². The van der Waals surface area contributed by atoms with E-state index >= 15 is 0 Å². The molecule has 0 aliphatic heterocycles. The van der Waals surface area contributed by atoms with Crippen LogP contribution in [0.3, 0.4) is 0 Å². The zero-order valence-electron chi connectivity index (χ0n) is 4.61. The lowest BCUT2D eigenvalue weighted by Crippen LogP contribution is -1.83. The van der Waals surface area contributed by atoms with Crippen LogP contribution >= 0.6 is 0 Å². The van der Waals surface area contributed by atoms with Gasteiger partial charge in [0.25, 0.3) is 0 Å². The van der Waals surface area contributed by atoms with Gasteiger partial charge in [0.1, 0.15) is 0 Å². The highest BCUT2D eigenvalue weighted by Crippen LogP contribution is 2.35. The van der Waals surface area contributed by atoms with Crippen molar-refractivity contribution in [2.24, 2.45) is 5.92 Å². The minimum Gasteiger partial charge on any atom is -0.501 e. The number of allylic oxidation sites excluding steroid dienone is 1. The van der Waals surface area contributed by atoms with Crippen LogP contribution in [0.25, 0.3) is 0 Å². The summed E-state index contributed by atoms with van der Waals surface area (Å²) >= 11 is 0. The zero-order valence-corrected chi connectivity index (χ0v) is 4.61. The first-order valence-electron chi connectivity index (χ1n) is 2.57. The van der Waals surface area contributed by atoms with Crippen LogP contribution in [-0.2, 0) is 4.74 Å². The van der Waals surface area contributed by atoms with E-state index in [-0.39, 0.29) is 0 Å². The largest absolute Gasteiger partial charge is 0.501 e. The molecule has 1 rings (SSSR count). The van der Waals surface area contributed by atoms with Gasteiger partial charge in [-0.25, -0.2) is 0 Å². The monoisotopic (exact) mass is 98.1 g/mol. The average molecular weight is 98.1 g/mol. The summed E-state index contributed by atoms with van der Waals surface area (Å²) < 4.78 is 4.88. The Labute approximate surface area is 44.0 Å². The third-order valence-corrected chi connectivity index (χ3v) is 1.29. The lowest BCUT2D eigenvalue weighted by atomic mass is 10.4. The Balaban J connectivity index is 2.24. The predicted molar refractivity (Wildman–Crippen MR) is 28.9 cm³/mol. The normalized spacial score (nSPS) is 19.0. The molecule has 0 amide bonds. The Bertz CT molecular complexity index is 82.2. The molecule has 0 aromatic rings. The lowest BCUT2D eigenvalue weighted by Gasteiger charge is -1.97. The molecule has 1 fully saturated rings. The molecule has 0 atom stereocenters. The molecule has 1 saturated carbocycles. The summed E-state index contributed by atoms with van der Waals surface area (Å²) in [4.78, 5) is 0. The highest BCUT2D eigenvalue weighted by Gasteiger charge is 2.24. The summed E-state index contributed by atoms with van der Waals surface area (Å²) in [6, 6.07) is 0. The molecule has 0 N–H and O–H groups in total. The van der Waals surface area contributed by atoms with Crippen LogP contribution in [-0.4, -0.2) is 7.11 Å². The maximum Gasteiger partial charge on any atom is 0.0914 e. The smallest absolute Gasteiger partial charge is 0.0914 e. The van der Waals surface area contributed by atoms with E-state index in [1.807, 2.05) is 0 Å². The molecule has 1 nitrogen and oxygen atoms in total. The Morgan fingerprint density at radius 3 is 2.43 bits per heavy atom. The molecular formula is C6H10O. The first-order valence-corrected chi connectivity index (χ1v) is 2.57. The molecular weight excluding hydrogens is 88.1 g/mol. The second kappa shape index (κ2) is 1.57. The van der Waals surface area contributed by atoms with Crippen LogP contribution in [0.15, 0.2) is 12.3 Å². The molecule has 1 aliphatic rings. The second-order valence-electron chi connectivity index (χ2n) is 1.94. The first kappa shape index (κ1) is 4.69. The fourth-order valence-corrected chi connectivity index (χ4v) is 0.572. The maximum absolute atomic E-state index is 4.88. The number of ether oxygens (including phenoxy) is 1. The highest BCUT2D eigenvalue weighted by atomic mass is 16.5. The van der Waals surface area contributed by atoms with Gasteiger partial charge in [-0.15, -0.1) is 0 Å². The van der Waals surface area contributed by atoms with E-state index in [0.717, 1.165) is 5.76 Å². The van der Waals surface area contributed by atoms with E-state index < -0.39 is 0 Å². The maximum atomic E-state index is 4.88. The zero-order chi connectivity index (χ0) is 5.28. The van der Waals surface area contributed by atoms with E-state index in [1.165, 1.54) is 12.8 Å². The fourth-order valence-electron chi connectivity index (χ4n) is 0.572. The van der Waals surface area contributed by atoms with Crippen LogP contribution in [0.5, 0.6) is 0 Å². The molecule has 0 unspecified atom stereocenters. The van der Waals surface area contributed by atoms with Gasteiger partial charge in [-0.05, 0) is 12.8 Å². The molecule has 7 heavy (non-hydrogen) atoms. The Hall–Kier alpha value is -0.460. The Kier molecular flexibility index (Phi) is 1.05. The van der Waals surface area contributed by atoms with Crippen LogP contribution in [0, 0.1) is 5.92 Å². The number of hydrogen-bond acceptors (Lipinski definition) is 1. The molecule has 0 aromatic carbocycles. The summed E-state index contributed by atoms with van der Waals surface area (Å²) in [5, 5.41) is 0. The molecule has 0 spiro atoms. The standard InChI is InChI=1S/C6H10O/c1-5(7-2)6-3-4-6/h6H,1,3-4H2,2H3. The lowest BCUT2D eigenvalue weighted by molar-refractivity contribution is 0.272. The van der Waals surface area contributed by atoms with Gasteiger partial charge in [0, 0.05) is 5.92 Å². The van der Waals surface area contributed by atoms with E-state index in [0.29, 0.717) is 5.92 Å². The predicted octanol–water partition coefficient (Wildman–Crippen LogP) is 1.56. The number of methoxy groups -OCH3 is 1. The Morgan fingerprint density at radius 1 is 1.71 bits per heavy atom. The van der Waals surface area contributed by atoms with Gasteiger partial charge in [0.15, 0.2) is 0 Å². The summed E-state index contributed by atoms with van der Waals surface area (Å²) in [6.45, 7) is 3.71. The summed E-state index contributed by atoms with van der Waals surface area (Å²) in [5.74, 6) is 1.66. The summed E-state index contributed by atoms with van der Waals surface area (Å²) in [7, 11) is 1.68. The van der Waals surface area contributed by atoms with E-state index in [2.05, 4.69) is 6.58 Å². The van der Waals surface area contributed by atoms with Crippen molar-refractivity contribution in [3.63, 3.8) is 0 Å². The van der Waals surface area contributed by atoms with Gasteiger partial charge in [0.05, 0.1) is 12.9 Å². The van der Waals surface area contributed by atoms with Gasteiger partial charge in [0.2, 0.25) is 0 Å². The van der Waals surface area contributed by atoms with E-state index in [9.17, 15) is 0 Å². The minimum atomic E-state index is 0.699. The highest BCUT2D eigenvalue weighted by molar-refractivity contribution is 4.98. The van der Waals surface area contributed by atoms with Crippen molar-refractivity contribution < 1.29 is 4.74 Å². The second-order valence-corrected chi connectivity index (χ2v) is 1.94. The topological polar surface area (TPSA) is 9.23 Å². The quantitative estimate of drug-likeness (QED) is 0.476. The summed E-state index contributed by atoms with van der Waals surface area (Å²) in [6.07, 6.45) is 2.57. The molecule has 1 heteroatoms. The minimum absolute atomic E-state index is 0.699. The fraction of sp³-hybridized carbons (Fsp3) is 0.667.